The molecular formula is C26H26N4O2S. The number of piperidine rings is 1. The van der Waals surface area contributed by atoms with Gasteiger partial charge in [0.2, 0.25) is 11.9 Å². The molecular weight excluding hydrogens is 432 g/mol. The number of benzene rings is 2. The topological polar surface area (TPSA) is 67.2 Å². The fourth-order valence-corrected chi connectivity index (χ4v) is 5.10. The van der Waals surface area contributed by atoms with Gasteiger partial charge in [0.25, 0.3) is 5.56 Å². The number of aromatic nitrogens is 2. The average Bonchev–Trinajstić information content (AvgIpc) is 3.33. The maximum absolute atomic E-state index is 13.4. The summed E-state index contributed by atoms with van der Waals surface area (Å²) < 4.78 is 2.34. The van der Waals surface area contributed by atoms with Gasteiger partial charge in [0.1, 0.15) is 4.70 Å². The number of nitrogens with zero attached hydrogens (tertiary/aromatic N) is 3. The summed E-state index contributed by atoms with van der Waals surface area (Å²) in [7, 11) is 0. The third kappa shape index (κ3) is 4.41. The van der Waals surface area contributed by atoms with E-state index in [-0.39, 0.29) is 17.4 Å². The third-order valence-electron chi connectivity index (χ3n) is 6.14. The second-order valence-electron chi connectivity index (χ2n) is 8.51. The molecule has 3 heterocycles. The molecule has 4 aromatic rings. The summed E-state index contributed by atoms with van der Waals surface area (Å²) >= 11 is 1.41. The van der Waals surface area contributed by atoms with E-state index in [4.69, 9.17) is 4.98 Å². The molecule has 1 amide bonds. The van der Waals surface area contributed by atoms with Crippen LogP contribution in [0.5, 0.6) is 0 Å². The Morgan fingerprint density at radius 2 is 1.91 bits per heavy atom. The van der Waals surface area contributed by atoms with E-state index >= 15 is 0 Å². The van der Waals surface area contributed by atoms with E-state index < -0.39 is 0 Å². The Bertz CT molecular complexity index is 1330. The first kappa shape index (κ1) is 21.4. The molecule has 0 spiro atoms. The maximum atomic E-state index is 13.4. The maximum Gasteiger partial charge on any atom is 0.277 e. The molecule has 0 bridgehead atoms. The highest BCUT2D eigenvalue weighted by Gasteiger charge is 2.29. The lowest BCUT2D eigenvalue weighted by molar-refractivity contribution is -0.125. The van der Waals surface area contributed by atoms with Crippen molar-refractivity contribution < 1.29 is 4.79 Å². The highest BCUT2D eigenvalue weighted by atomic mass is 32.1. The van der Waals surface area contributed by atoms with Crippen LogP contribution in [-0.2, 0) is 11.3 Å². The lowest BCUT2D eigenvalue weighted by atomic mass is 9.97. The monoisotopic (exact) mass is 458 g/mol. The molecule has 1 aliphatic heterocycles. The Labute approximate surface area is 196 Å². The molecule has 6 nitrogen and oxygen atoms in total. The van der Waals surface area contributed by atoms with Crippen molar-refractivity contribution in [3.8, 4) is 5.69 Å². The van der Waals surface area contributed by atoms with Crippen molar-refractivity contribution in [2.45, 2.75) is 26.3 Å². The number of carbonyl (C=O) groups excluding carboxylic acids is 1. The molecule has 5 rings (SSSR count). The van der Waals surface area contributed by atoms with E-state index in [9.17, 15) is 9.59 Å². The van der Waals surface area contributed by atoms with Gasteiger partial charge in [0.05, 0.1) is 17.1 Å². The fourth-order valence-electron chi connectivity index (χ4n) is 4.34. The normalized spacial score (nSPS) is 16.2. The molecule has 7 heteroatoms. The molecule has 1 aliphatic rings. The summed E-state index contributed by atoms with van der Waals surface area (Å²) in [6.45, 7) is 3.84. The van der Waals surface area contributed by atoms with Crippen LogP contribution in [0.4, 0.5) is 5.95 Å². The van der Waals surface area contributed by atoms with Gasteiger partial charge in [-0.25, -0.2) is 9.55 Å². The number of thiophene rings is 1. The van der Waals surface area contributed by atoms with Crippen LogP contribution in [-0.4, -0.2) is 28.5 Å². The Balaban J connectivity index is 1.44. The van der Waals surface area contributed by atoms with E-state index in [1.165, 1.54) is 11.3 Å². The summed E-state index contributed by atoms with van der Waals surface area (Å²) in [6.07, 6.45) is 1.70. The number of fused-ring (bicyclic) bond motifs is 1. The smallest absolute Gasteiger partial charge is 0.277 e. The number of hydrogen-bond donors (Lipinski definition) is 1. The van der Waals surface area contributed by atoms with Crippen LogP contribution in [0.25, 0.3) is 15.9 Å². The zero-order chi connectivity index (χ0) is 22.8. The van der Waals surface area contributed by atoms with Gasteiger partial charge in [-0.05, 0) is 48.9 Å². The summed E-state index contributed by atoms with van der Waals surface area (Å²) in [5.74, 6) is 0.503. The number of anilines is 1. The van der Waals surface area contributed by atoms with Gasteiger partial charge >= 0.3 is 0 Å². The molecule has 168 valence electrons. The van der Waals surface area contributed by atoms with Gasteiger partial charge in [-0.3, -0.25) is 9.59 Å². The lowest BCUT2D eigenvalue weighted by Crippen LogP contribution is -2.45. The zero-order valence-electron chi connectivity index (χ0n) is 18.5. The van der Waals surface area contributed by atoms with Gasteiger partial charge in [-0.15, -0.1) is 11.3 Å². The predicted molar refractivity (Wildman–Crippen MR) is 133 cm³/mol. The predicted octanol–water partition coefficient (Wildman–Crippen LogP) is 4.29. The summed E-state index contributed by atoms with van der Waals surface area (Å²) in [6, 6.07) is 19.7. The van der Waals surface area contributed by atoms with Gasteiger partial charge in [-0.1, -0.05) is 48.0 Å². The molecule has 2 aromatic heterocycles. The van der Waals surface area contributed by atoms with Crippen molar-refractivity contribution in [2.75, 3.05) is 18.0 Å². The van der Waals surface area contributed by atoms with Crippen LogP contribution in [0.2, 0.25) is 0 Å². The Morgan fingerprint density at radius 1 is 1.12 bits per heavy atom. The van der Waals surface area contributed by atoms with E-state index in [1.54, 1.807) is 4.57 Å². The Hall–Kier alpha value is -3.45. The van der Waals surface area contributed by atoms with E-state index in [2.05, 4.69) is 10.2 Å². The minimum Gasteiger partial charge on any atom is -0.352 e. The molecule has 1 atom stereocenters. The van der Waals surface area contributed by atoms with Crippen molar-refractivity contribution >= 4 is 33.4 Å². The van der Waals surface area contributed by atoms with Crippen molar-refractivity contribution in [2.24, 2.45) is 5.92 Å². The Kier molecular flexibility index (Phi) is 5.96. The SMILES string of the molecule is Cc1ccc(-n2c(N3CCCC(C(=O)NCc4ccccc4)C3)nc3ccsc3c2=O)cc1. The second kappa shape index (κ2) is 9.19. The highest BCUT2D eigenvalue weighted by molar-refractivity contribution is 7.17. The minimum atomic E-state index is -0.149. The van der Waals surface area contributed by atoms with Crippen LogP contribution in [0.15, 0.2) is 70.8 Å². The van der Waals surface area contributed by atoms with Gasteiger partial charge in [0, 0.05) is 19.6 Å². The standard InChI is InChI=1S/C26H26N4O2S/c1-18-9-11-21(12-10-18)30-25(32)23-22(13-15-33-23)28-26(30)29-14-5-8-20(17-29)24(31)27-16-19-6-3-2-4-7-19/h2-4,6-7,9-13,15,20H,5,8,14,16-17H2,1H3,(H,27,31). The number of amides is 1. The van der Waals surface area contributed by atoms with Crippen molar-refractivity contribution in [3.63, 3.8) is 0 Å². The largest absolute Gasteiger partial charge is 0.352 e. The molecule has 1 unspecified atom stereocenters. The summed E-state index contributed by atoms with van der Waals surface area (Å²) in [5, 5.41) is 4.98. The number of nitrogens with one attached hydrogen (secondary N) is 1. The lowest BCUT2D eigenvalue weighted by Gasteiger charge is -2.34. The minimum absolute atomic E-state index is 0.0457. The molecule has 33 heavy (non-hydrogen) atoms. The van der Waals surface area contributed by atoms with Crippen LogP contribution in [0, 0.1) is 12.8 Å². The molecule has 0 saturated carbocycles. The Morgan fingerprint density at radius 3 is 2.70 bits per heavy atom. The van der Waals surface area contributed by atoms with Crippen LogP contribution < -0.4 is 15.8 Å². The third-order valence-corrected chi connectivity index (χ3v) is 7.03. The van der Waals surface area contributed by atoms with Crippen molar-refractivity contribution in [3.05, 3.63) is 87.5 Å². The number of aryl methyl sites for hydroxylation is 1. The molecule has 1 saturated heterocycles. The number of hydrogen-bond acceptors (Lipinski definition) is 5. The van der Waals surface area contributed by atoms with Gasteiger partial charge < -0.3 is 10.2 Å². The number of carbonyl (C=O) groups is 1. The van der Waals surface area contributed by atoms with E-state index in [0.29, 0.717) is 29.3 Å². The first-order chi connectivity index (χ1) is 16.1. The average molecular weight is 459 g/mol. The summed E-state index contributed by atoms with van der Waals surface area (Å²) in [4.78, 5) is 33.4. The van der Waals surface area contributed by atoms with Crippen LogP contribution in [0.3, 0.4) is 0 Å². The number of rotatable bonds is 5. The summed E-state index contributed by atoms with van der Waals surface area (Å²) in [5.41, 5.74) is 3.64. The molecule has 2 aromatic carbocycles. The van der Waals surface area contributed by atoms with Gasteiger partial charge in [0.15, 0.2) is 0 Å². The molecule has 1 N–H and O–H groups in total. The van der Waals surface area contributed by atoms with Crippen molar-refractivity contribution in [1.29, 1.82) is 0 Å². The first-order valence-electron chi connectivity index (χ1n) is 11.2. The van der Waals surface area contributed by atoms with E-state index in [1.807, 2.05) is 73.0 Å². The second-order valence-corrected chi connectivity index (χ2v) is 9.43. The van der Waals surface area contributed by atoms with Crippen LogP contribution >= 0.6 is 11.3 Å². The molecule has 0 radical (unpaired) electrons. The van der Waals surface area contributed by atoms with Crippen molar-refractivity contribution in [1.82, 2.24) is 14.9 Å². The molecule has 1 fully saturated rings. The highest BCUT2D eigenvalue weighted by Crippen LogP contribution is 2.26. The first-order valence-corrected chi connectivity index (χ1v) is 12.1. The van der Waals surface area contributed by atoms with E-state index in [0.717, 1.165) is 36.2 Å². The zero-order valence-corrected chi connectivity index (χ0v) is 19.3. The fraction of sp³-hybridized carbons (Fsp3) is 0.269. The molecule has 0 aliphatic carbocycles. The van der Waals surface area contributed by atoms with Gasteiger partial charge in [-0.2, -0.15) is 0 Å². The van der Waals surface area contributed by atoms with Crippen LogP contribution in [0.1, 0.15) is 24.0 Å². The quantitative estimate of drug-likeness (QED) is 0.485.